The summed E-state index contributed by atoms with van der Waals surface area (Å²) in [5.74, 6) is 0.534. The van der Waals surface area contributed by atoms with E-state index in [1.54, 1.807) is 12.1 Å². The Balaban J connectivity index is 1.47. The molecule has 2 amide bonds. The van der Waals surface area contributed by atoms with Crippen LogP contribution in [0.2, 0.25) is 0 Å². The highest BCUT2D eigenvalue weighted by Gasteiger charge is 2.28. The molecule has 2 aromatic carbocycles. The maximum Gasteiger partial charge on any atom is 0.287 e. The van der Waals surface area contributed by atoms with Gasteiger partial charge in [-0.3, -0.25) is 9.59 Å². The van der Waals surface area contributed by atoms with Gasteiger partial charge in [-0.1, -0.05) is 42.5 Å². The van der Waals surface area contributed by atoms with Gasteiger partial charge in [0, 0.05) is 28.6 Å². The number of nitrogens with one attached hydrogen (secondary N) is 2. The first-order chi connectivity index (χ1) is 15.5. The van der Waals surface area contributed by atoms with Gasteiger partial charge >= 0.3 is 0 Å². The van der Waals surface area contributed by atoms with Crippen LogP contribution >= 0.6 is 15.9 Å². The van der Waals surface area contributed by atoms with Crippen molar-refractivity contribution >= 4 is 33.5 Å². The Morgan fingerprint density at radius 3 is 2.56 bits per heavy atom. The molecule has 6 nitrogen and oxygen atoms in total. The summed E-state index contributed by atoms with van der Waals surface area (Å²) < 4.78 is 6.63. The third-order valence-corrected chi connectivity index (χ3v) is 6.18. The maximum absolute atomic E-state index is 12.7. The second-order valence-electron chi connectivity index (χ2n) is 7.68. The Morgan fingerprint density at radius 2 is 1.78 bits per heavy atom. The predicted molar refractivity (Wildman–Crippen MR) is 127 cm³/mol. The van der Waals surface area contributed by atoms with E-state index >= 15 is 0 Å². The SMILES string of the molecule is Cc1c(C(=O)NCCc2ccccc2)oc2c1/C(=N/NC(=O)c1ccccc1Br)CCC2. The number of rotatable bonds is 6. The number of furan rings is 1. The van der Waals surface area contributed by atoms with Crippen LogP contribution < -0.4 is 10.7 Å². The molecular weight excluding hydrogens is 470 g/mol. The summed E-state index contributed by atoms with van der Waals surface area (Å²) in [7, 11) is 0. The molecule has 4 rings (SSSR count). The average molecular weight is 494 g/mol. The zero-order valence-corrected chi connectivity index (χ0v) is 19.4. The Hall–Kier alpha value is -3.19. The molecule has 0 aliphatic heterocycles. The summed E-state index contributed by atoms with van der Waals surface area (Å²) in [6.07, 6.45) is 3.04. The zero-order valence-electron chi connectivity index (χ0n) is 17.8. The molecule has 32 heavy (non-hydrogen) atoms. The highest BCUT2D eigenvalue weighted by Crippen LogP contribution is 2.30. The van der Waals surface area contributed by atoms with Crippen LogP contribution in [0.15, 0.2) is 68.6 Å². The Bertz CT molecular complexity index is 1170. The quantitative estimate of drug-likeness (QED) is 0.484. The highest BCUT2D eigenvalue weighted by atomic mass is 79.9. The summed E-state index contributed by atoms with van der Waals surface area (Å²) in [6.45, 7) is 2.39. The van der Waals surface area contributed by atoms with Crippen molar-refractivity contribution in [1.29, 1.82) is 0 Å². The van der Waals surface area contributed by atoms with E-state index in [1.165, 1.54) is 5.56 Å². The topological polar surface area (TPSA) is 83.7 Å². The molecule has 1 aliphatic rings. The number of amides is 2. The first-order valence-corrected chi connectivity index (χ1v) is 11.4. The number of nitrogens with zero attached hydrogens (tertiary/aromatic N) is 1. The molecule has 164 valence electrons. The number of fused-ring (bicyclic) bond motifs is 1. The van der Waals surface area contributed by atoms with E-state index in [-0.39, 0.29) is 11.8 Å². The second-order valence-corrected chi connectivity index (χ2v) is 8.53. The Labute approximate surface area is 195 Å². The Kier molecular flexibility index (Phi) is 6.85. The molecule has 0 radical (unpaired) electrons. The molecule has 3 aromatic rings. The van der Waals surface area contributed by atoms with E-state index in [1.807, 2.05) is 49.4 Å². The van der Waals surface area contributed by atoms with Crippen molar-refractivity contribution < 1.29 is 14.0 Å². The fraction of sp³-hybridized carbons (Fsp3) is 0.240. The standard InChI is InChI=1S/C25H24BrN3O3/c1-16-22-20(28-29-24(30)18-10-5-6-11-19(18)26)12-7-13-21(22)32-23(16)25(31)27-15-14-17-8-3-2-4-9-17/h2-6,8-11H,7,12-15H2,1H3,(H,27,31)(H,29,30)/b28-20+. The van der Waals surface area contributed by atoms with Crippen LogP contribution in [0.4, 0.5) is 0 Å². The molecule has 0 spiro atoms. The lowest BCUT2D eigenvalue weighted by molar-refractivity contribution is 0.0922. The van der Waals surface area contributed by atoms with Crippen LogP contribution in [0.5, 0.6) is 0 Å². The van der Waals surface area contributed by atoms with Crippen molar-refractivity contribution in [2.24, 2.45) is 5.10 Å². The largest absolute Gasteiger partial charge is 0.455 e. The van der Waals surface area contributed by atoms with Crippen molar-refractivity contribution in [3.63, 3.8) is 0 Å². The molecule has 1 aromatic heterocycles. The minimum absolute atomic E-state index is 0.232. The Morgan fingerprint density at radius 1 is 1.03 bits per heavy atom. The summed E-state index contributed by atoms with van der Waals surface area (Å²) in [5.41, 5.74) is 6.64. The molecule has 0 saturated heterocycles. The minimum Gasteiger partial charge on any atom is -0.455 e. The van der Waals surface area contributed by atoms with Gasteiger partial charge in [0.2, 0.25) is 0 Å². The van der Waals surface area contributed by atoms with Crippen LogP contribution in [-0.2, 0) is 12.8 Å². The lowest BCUT2D eigenvalue weighted by atomic mass is 9.93. The third kappa shape index (κ3) is 4.83. The first-order valence-electron chi connectivity index (χ1n) is 10.6. The van der Waals surface area contributed by atoms with Gasteiger partial charge in [0.15, 0.2) is 5.76 Å². The van der Waals surface area contributed by atoms with Gasteiger partial charge in [0.1, 0.15) is 5.76 Å². The number of aryl methyl sites for hydroxylation is 1. The van der Waals surface area contributed by atoms with E-state index in [0.717, 1.165) is 41.9 Å². The van der Waals surface area contributed by atoms with Gasteiger partial charge in [0.25, 0.3) is 11.8 Å². The molecule has 0 saturated carbocycles. The highest BCUT2D eigenvalue weighted by molar-refractivity contribution is 9.10. The fourth-order valence-electron chi connectivity index (χ4n) is 3.87. The van der Waals surface area contributed by atoms with Gasteiger partial charge in [-0.15, -0.1) is 0 Å². The normalized spacial score (nSPS) is 14.1. The number of carbonyl (C=O) groups excluding carboxylic acids is 2. The van der Waals surface area contributed by atoms with Crippen LogP contribution in [-0.4, -0.2) is 24.1 Å². The van der Waals surface area contributed by atoms with E-state index in [2.05, 4.69) is 31.8 Å². The number of halogens is 1. The molecule has 1 heterocycles. The summed E-state index contributed by atoms with van der Waals surface area (Å²) in [4.78, 5) is 25.3. The molecule has 2 N–H and O–H groups in total. The smallest absolute Gasteiger partial charge is 0.287 e. The molecule has 7 heteroatoms. The van der Waals surface area contributed by atoms with Crippen molar-refractivity contribution in [1.82, 2.24) is 10.7 Å². The van der Waals surface area contributed by atoms with Crippen LogP contribution in [0.3, 0.4) is 0 Å². The first kappa shape index (κ1) is 22.0. The van der Waals surface area contributed by atoms with Crippen molar-refractivity contribution in [3.8, 4) is 0 Å². The van der Waals surface area contributed by atoms with Crippen LogP contribution in [0.1, 0.15) is 56.2 Å². The van der Waals surface area contributed by atoms with Gasteiger partial charge in [-0.05, 0) is 59.8 Å². The monoisotopic (exact) mass is 493 g/mol. The molecule has 0 unspecified atom stereocenters. The van der Waals surface area contributed by atoms with E-state index < -0.39 is 0 Å². The van der Waals surface area contributed by atoms with Crippen LogP contribution in [0, 0.1) is 6.92 Å². The predicted octanol–water partition coefficient (Wildman–Crippen LogP) is 4.79. The average Bonchev–Trinajstić information content (AvgIpc) is 3.15. The lowest BCUT2D eigenvalue weighted by Crippen LogP contribution is -2.26. The van der Waals surface area contributed by atoms with Gasteiger partial charge in [0.05, 0.1) is 11.3 Å². The van der Waals surface area contributed by atoms with Crippen molar-refractivity contribution in [3.05, 3.63) is 92.8 Å². The number of hydrogen-bond acceptors (Lipinski definition) is 4. The van der Waals surface area contributed by atoms with Gasteiger partial charge in [-0.25, -0.2) is 5.43 Å². The number of carbonyl (C=O) groups is 2. The number of hydrogen-bond donors (Lipinski definition) is 2. The van der Waals surface area contributed by atoms with E-state index in [0.29, 0.717) is 28.8 Å². The minimum atomic E-state index is -0.294. The second kappa shape index (κ2) is 9.96. The number of hydrazone groups is 1. The lowest BCUT2D eigenvalue weighted by Gasteiger charge is -2.13. The zero-order chi connectivity index (χ0) is 22.5. The van der Waals surface area contributed by atoms with Gasteiger partial charge in [-0.2, -0.15) is 5.10 Å². The van der Waals surface area contributed by atoms with Crippen LogP contribution in [0.25, 0.3) is 0 Å². The molecule has 1 aliphatic carbocycles. The van der Waals surface area contributed by atoms with E-state index in [4.69, 9.17) is 4.42 Å². The van der Waals surface area contributed by atoms with Crippen molar-refractivity contribution in [2.75, 3.05) is 6.54 Å². The molecular formula is C25H24BrN3O3. The maximum atomic E-state index is 12.7. The van der Waals surface area contributed by atoms with Gasteiger partial charge < -0.3 is 9.73 Å². The molecule has 0 atom stereocenters. The molecule has 0 bridgehead atoms. The van der Waals surface area contributed by atoms with E-state index in [9.17, 15) is 9.59 Å². The van der Waals surface area contributed by atoms with Crippen molar-refractivity contribution in [2.45, 2.75) is 32.6 Å². The molecule has 0 fully saturated rings. The fourth-order valence-corrected chi connectivity index (χ4v) is 4.33. The number of benzene rings is 2. The third-order valence-electron chi connectivity index (χ3n) is 5.48. The summed E-state index contributed by atoms with van der Waals surface area (Å²) in [6, 6.07) is 17.2. The summed E-state index contributed by atoms with van der Waals surface area (Å²) in [5, 5.41) is 7.32. The summed E-state index contributed by atoms with van der Waals surface area (Å²) >= 11 is 3.39.